The van der Waals surface area contributed by atoms with E-state index in [1.54, 1.807) is 0 Å². The fraction of sp³-hybridized carbons (Fsp3) is 0.889. The summed E-state index contributed by atoms with van der Waals surface area (Å²) in [5.41, 5.74) is 0. The average Bonchev–Trinajstić information content (AvgIpc) is 2.03. The normalized spacial score (nSPS) is 21.3. The largest absolute Gasteiger partial charge is 0.127 e. The first-order valence-corrected chi connectivity index (χ1v) is 4.84. The van der Waals surface area contributed by atoms with Crippen molar-refractivity contribution >= 4 is 11.6 Å². The van der Waals surface area contributed by atoms with E-state index in [0.717, 1.165) is 11.8 Å². The van der Waals surface area contributed by atoms with Gasteiger partial charge in [-0.15, -0.1) is 11.6 Å². The van der Waals surface area contributed by atoms with Gasteiger partial charge in [0, 0.05) is 5.88 Å². The first-order chi connectivity index (χ1) is 4.93. The maximum Gasteiger partial charge on any atom is 0.0223 e. The Kier molecular flexibility index (Phi) is 4.20. The van der Waals surface area contributed by atoms with Gasteiger partial charge >= 0.3 is 0 Å². The van der Waals surface area contributed by atoms with Crippen molar-refractivity contribution in [2.24, 2.45) is 5.92 Å². The van der Waals surface area contributed by atoms with Gasteiger partial charge in [0.05, 0.1) is 0 Å². The maximum absolute atomic E-state index is 5.61. The molecule has 0 unspecified atom stereocenters. The third-order valence-corrected chi connectivity index (χ3v) is 2.57. The first-order valence-electron chi connectivity index (χ1n) is 4.31. The minimum Gasteiger partial charge on any atom is -0.127 e. The third-order valence-electron chi connectivity index (χ3n) is 2.30. The summed E-state index contributed by atoms with van der Waals surface area (Å²) in [4.78, 5) is 0. The molecule has 1 rings (SSSR count). The first kappa shape index (κ1) is 8.39. The quantitative estimate of drug-likeness (QED) is 0.554. The Morgan fingerprint density at radius 3 is 2.60 bits per heavy atom. The zero-order valence-corrected chi connectivity index (χ0v) is 7.24. The highest BCUT2D eigenvalue weighted by Crippen LogP contribution is 2.26. The third kappa shape index (κ3) is 2.92. The van der Waals surface area contributed by atoms with E-state index in [0.29, 0.717) is 0 Å². The van der Waals surface area contributed by atoms with Gasteiger partial charge in [-0.05, 0) is 38.0 Å². The smallest absolute Gasteiger partial charge is 0.0223 e. The summed E-state index contributed by atoms with van der Waals surface area (Å²) in [7, 11) is 0. The second-order valence-electron chi connectivity index (χ2n) is 3.14. The Bertz CT molecular complexity index is 74.8. The molecule has 0 atom stereocenters. The van der Waals surface area contributed by atoms with Gasteiger partial charge in [-0.1, -0.05) is 12.8 Å². The molecule has 10 heavy (non-hydrogen) atoms. The van der Waals surface area contributed by atoms with E-state index in [9.17, 15) is 0 Å². The monoisotopic (exact) mass is 159 g/mol. The molecule has 0 aromatic rings. The van der Waals surface area contributed by atoms with Crippen molar-refractivity contribution in [2.75, 3.05) is 5.88 Å². The van der Waals surface area contributed by atoms with Gasteiger partial charge in [0.1, 0.15) is 0 Å². The van der Waals surface area contributed by atoms with Crippen molar-refractivity contribution in [1.82, 2.24) is 0 Å². The molecule has 0 spiro atoms. The summed E-state index contributed by atoms with van der Waals surface area (Å²) in [6.45, 7) is 0. The Hall–Kier alpha value is 0.290. The molecule has 0 aromatic heterocycles. The van der Waals surface area contributed by atoms with Gasteiger partial charge in [-0.3, -0.25) is 0 Å². The maximum atomic E-state index is 5.61. The lowest BCUT2D eigenvalue weighted by atomic mass is 9.86. The molecule has 0 heterocycles. The number of hydrogen-bond donors (Lipinski definition) is 0. The zero-order valence-electron chi connectivity index (χ0n) is 6.48. The van der Waals surface area contributed by atoms with Gasteiger partial charge in [0.2, 0.25) is 0 Å². The molecule has 1 aliphatic carbocycles. The topological polar surface area (TPSA) is 0 Å². The summed E-state index contributed by atoms with van der Waals surface area (Å²) in [5.74, 6) is 1.84. The SMILES string of the molecule is ClCCCC1CC[CH]CC1. The van der Waals surface area contributed by atoms with Gasteiger partial charge in [-0.2, -0.15) is 0 Å². The molecule has 0 aliphatic heterocycles. The molecule has 0 N–H and O–H groups in total. The van der Waals surface area contributed by atoms with E-state index in [1.807, 2.05) is 0 Å². The molecule has 0 saturated heterocycles. The fourth-order valence-electron chi connectivity index (χ4n) is 1.65. The van der Waals surface area contributed by atoms with Crippen LogP contribution in [-0.2, 0) is 0 Å². The van der Waals surface area contributed by atoms with Gasteiger partial charge in [-0.25, -0.2) is 0 Å². The molecule has 1 fully saturated rings. The van der Waals surface area contributed by atoms with Crippen LogP contribution in [0.4, 0.5) is 0 Å². The highest BCUT2D eigenvalue weighted by Gasteiger charge is 2.11. The molecular formula is C9H16Cl. The van der Waals surface area contributed by atoms with E-state index in [2.05, 4.69) is 6.42 Å². The summed E-state index contributed by atoms with van der Waals surface area (Å²) in [6, 6.07) is 0. The molecule has 1 aliphatic rings. The van der Waals surface area contributed by atoms with E-state index >= 15 is 0 Å². The van der Waals surface area contributed by atoms with E-state index in [4.69, 9.17) is 11.6 Å². The van der Waals surface area contributed by atoms with Crippen molar-refractivity contribution in [3.05, 3.63) is 6.42 Å². The Balaban J connectivity index is 2.02. The molecule has 0 aromatic carbocycles. The van der Waals surface area contributed by atoms with Crippen LogP contribution in [-0.4, -0.2) is 5.88 Å². The number of rotatable bonds is 3. The van der Waals surface area contributed by atoms with Crippen molar-refractivity contribution < 1.29 is 0 Å². The Morgan fingerprint density at radius 2 is 2.00 bits per heavy atom. The number of halogens is 1. The van der Waals surface area contributed by atoms with Crippen molar-refractivity contribution in [3.63, 3.8) is 0 Å². The van der Waals surface area contributed by atoms with Crippen LogP contribution < -0.4 is 0 Å². The lowest BCUT2D eigenvalue weighted by Gasteiger charge is -2.20. The van der Waals surface area contributed by atoms with Crippen LogP contribution in [0.5, 0.6) is 0 Å². The molecule has 0 bridgehead atoms. The van der Waals surface area contributed by atoms with Crippen LogP contribution in [0.3, 0.4) is 0 Å². The fourth-order valence-corrected chi connectivity index (χ4v) is 1.80. The summed E-state index contributed by atoms with van der Waals surface area (Å²) in [6.07, 6.45) is 10.5. The van der Waals surface area contributed by atoms with Gasteiger partial charge in [0.25, 0.3) is 0 Å². The highest BCUT2D eigenvalue weighted by atomic mass is 35.5. The minimum atomic E-state index is 0.847. The Morgan fingerprint density at radius 1 is 1.30 bits per heavy atom. The predicted molar refractivity (Wildman–Crippen MR) is 46.2 cm³/mol. The minimum absolute atomic E-state index is 0.847. The molecule has 1 heteroatoms. The summed E-state index contributed by atoms with van der Waals surface area (Å²) >= 11 is 5.61. The lowest BCUT2D eigenvalue weighted by Crippen LogP contribution is -2.06. The van der Waals surface area contributed by atoms with Crippen LogP contribution in [0, 0.1) is 12.3 Å². The lowest BCUT2D eigenvalue weighted by molar-refractivity contribution is 0.378. The predicted octanol–water partition coefficient (Wildman–Crippen LogP) is 3.40. The number of hydrogen-bond acceptors (Lipinski definition) is 0. The van der Waals surface area contributed by atoms with E-state index in [1.165, 1.54) is 38.5 Å². The van der Waals surface area contributed by atoms with Crippen molar-refractivity contribution in [2.45, 2.75) is 38.5 Å². The molecule has 59 valence electrons. The molecule has 1 saturated carbocycles. The van der Waals surface area contributed by atoms with Gasteiger partial charge in [0.15, 0.2) is 0 Å². The second kappa shape index (κ2) is 5.01. The zero-order chi connectivity index (χ0) is 7.23. The average molecular weight is 160 g/mol. The van der Waals surface area contributed by atoms with Crippen LogP contribution >= 0.6 is 11.6 Å². The van der Waals surface area contributed by atoms with Crippen LogP contribution in [0.2, 0.25) is 0 Å². The van der Waals surface area contributed by atoms with Crippen molar-refractivity contribution in [1.29, 1.82) is 0 Å². The van der Waals surface area contributed by atoms with Crippen LogP contribution in [0.15, 0.2) is 0 Å². The van der Waals surface area contributed by atoms with Crippen molar-refractivity contribution in [3.8, 4) is 0 Å². The second-order valence-corrected chi connectivity index (χ2v) is 3.52. The van der Waals surface area contributed by atoms with Gasteiger partial charge < -0.3 is 0 Å². The summed E-state index contributed by atoms with van der Waals surface area (Å²) in [5, 5.41) is 0. The number of alkyl halides is 1. The van der Waals surface area contributed by atoms with Crippen LogP contribution in [0.1, 0.15) is 38.5 Å². The standard InChI is InChI=1S/C9H16Cl/c10-8-4-7-9-5-2-1-3-6-9/h1,9H,2-8H2. The molecule has 0 nitrogen and oxygen atoms in total. The summed E-state index contributed by atoms with van der Waals surface area (Å²) < 4.78 is 0. The Labute approximate surface area is 69.0 Å². The molecule has 1 radical (unpaired) electrons. The molecular weight excluding hydrogens is 144 g/mol. The molecule has 0 amide bonds. The van der Waals surface area contributed by atoms with Crippen LogP contribution in [0.25, 0.3) is 0 Å². The van der Waals surface area contributed by atoms with E-state index < -0.39 is 0 Å². The highest BCUT2D eigenvalue weighted by molar-refractivity contribution is 6.17. The van der Waals surface area contributed by atoms with E-state index in [-0.39, 0.29) is 0 Å².